The minimum absolute atomic E-state index is 0.0241. The molecule has 0 N–H and O–H groups in total. The van der Waals surface area contributed by atoms with Crippen LogP contribution in [0, 0.1) is 0 Å². The van der Waals surface area contributed by atoms with Crippen LogP contribution in [-0.4, -0.2) is 44.9 Å². The number of aromatic nitrogens is 5. The minimum Gasteiger partial charge on any atom is -0.496 e. The Balaban J connectivity index is 1.44. The fourth-order valence-electron chi connectivity index (χ4n) is 3.62. The minimum atomic E-state index is -0.120. The molecule has 1 fully saturated rings. The molecule has 0 atom stereocenters. The average molecular weight is 386 g/mol. The van der Waals surface area contributed by atoms with Crippen molar-refractivity contribution in [3.8, 4) is 17.0 Å². The third kappa shape index (κ3) is 2.98. The number of para-hydroxylation sites is 1. The van der Waals surface area contributed by atoms with Crippen LogP contribution in [0.2, 0.25) is 0 Å². The molecule has 0 aliphatic carbocycles. The SMILES string of the molecule is COc1ccccc1-c1ccc(=O)n(C2CN(c3ncnc4cnccc34)C2)n1. The number of benzene rings is 1. The van der Waals surface area contributed by atoms with Gasteiger partial charge in [-0.2, -0.15) is 5.10 Å². The lowest BCUT2D eigenvalue weighted by Crippen LogP contribution is -2.51. The second-order valence-electron chi connectivity index (χ2n) is 6.85. The Morgan fingerprint density at radius 3 is 2.79 bits per heavy atom. The Bertz CT molecular complexity index is 1240. The van der Waals surface area contributed by atoms with E-state index >= 15 is 0 Å². The zero-order chi connectivity index (χ0) is 19.8. The number of anilines is 1. The van der Waals surface area contributed by atoms with Crippen LogP contribution in [0.4, 0.5) is 5.82 Å². The van der Waals surface area contributed by atoms with E-state index in [0.29, 0.717) is 18.8 Å². The average Bonchev–Trinajstić information content (AvgIpc) is 2.74. The van der Waals surface area contributed by atoms with E-state index < -0.39 is 0 Å². The molecule has 8 heteroatoms. The predicted molar refractivity (Wildman–Crippen MR) is 109 cm³/mol. The van der Waals surface area contributed by atoms with Gasteiger partial charge >= 0.3 is 0 Å². The summed E-state index contributed by atoms with van der Waals surface area (Å²) < 4.78 is 6.99. The maximum atomic E-state index is 12.5. The summed E-state index contributed by atoms with van der Waals surface area (Å²) in [6.45, 7) is 1.30. The van der Waals surface area contributed by atoms with Gasteiger partial charge in [0.1, 0.15) is 17.9 Å². The second-order valence-corrected chi connectivity index (χ2v) is 6.85. The van der Waals surface area contributed by atoms with Gasteiger partial charge in [-0.15, -0.1) is 0 Å². The number of nitrogens with zero attached hydrogens (tertiary/aromatic N) is 6. The molecule has 0 amide bonds. The van der Waals surface area contributed by atoms with Gasteiger partial charge in [-0.05, 0) is 24.3 Å². The molecule has 8 nitrogen and oxygen atoms in total. The number of hydrogen-bond acceptors (Lipinski definition) is 7. The second kappa shape index (κ2) is 6.97. The molecule has 5 rings (SSSR count). The maximum absolute atomic E-state index is 12.5. The molecule has 3 aromatic heterocycles. The van der Waals surface area contributed by atoms with E-state index in [9.17, 15) is 4.79 Å². The monoisotopic (exact) mass is 386 g/mol. The summed E-state index contributed by atoms with van der Waals surface area (Å²) in [6, 6.07) is 12.8. The van der Waals surface area contributed by atoms with Gasteiger partial charge in [0.05, 0.1) is 30.6 Å². The summed E-state index contributed by atoms with van der Waals surface area (Å²) >= 11 is 0. The topological polar surface area (TPSA) is 86.0 Å². The van der Waals surface area contributed by atoms with Gasteiger partial charge in [0, 0.05) is 36.3 Å². The van der Waals surface area contributed by atoms with E-state index in [0.717, 1.165) is 28.0 Å². The predicted octanol–water partition coefficient (Wildman–Crippen LogP) is 2.32. The Morgan fingerprint density at radius 1 is 1.07 bits per heavy atom. The van der Waals surface area contributed by atoms with Gasteiger partial charge in [-0.1, -0.05) is 12.1 Å². The highest BCUT2D eigenvalue weighted by Gasteiger charge is 2.32. The smallest absolute Gasteiger partial charge is 0.267 e. The Morgan fingerprint density at radius 2 is 1.93 bits per heavy atom. The third-order valence-corrected chi connectivity index (χ3v) is 5.13. The zero-order valence-corrected chi connectivity index (χ0v) is 15.8. The van der Waals surface area contributed by atoms with Crippen molar-refractivity contribution in [3.05, 3.63) is 71.5 Å². The highest BCUT2D eigenvalue weighted by Crippen LogP contribution is 2.31. The molecule has 1 aliphatic rings. The quantitative estimate of drug-likeness (QED) is 0.532. The Hall–Kier alpha value is -3.81. The lowest BCUT2D eigenvalue weighted by molar-refractivity contribution is 0.353. The third-order valence-electron chi connectivity index (χ3n) is 5.13. The highest BCUT2D eigenvalue weighted by atomic mass is 16.5. The number of hydrogen-bond donors (Lipinski definition) is 0. The Labute approximate surface area is 166 Å². The van der Waals surface area contributed by atoms with E-state index in [2.05, 4.69) is 25.0 Å². The van der Waals surface area contributed by atoms with Crippen LogP contribution in [-0.2, 0) is 0 Å². The fraction of sp³-hybridized carbons (Fsp3) is 0.190. The summed E-state index contributed by atoms with van der Waals surface area (Å²) in [5, 5.41) is 5.57. The van der Waals surface area contributed by atoms with Gasteiger partial charge in [0.25, 0.3) is 5.56 Å². The van der Waals surface area contributed by atoms with Gasteiger partial charge in [0.2, 0.25) is 0 Å². The molecule has 0 spiro atoms. The summed E-state index contributed by atoms with van der Waals surface area (Å²) in [6.07, 6.45) is 5.00. The molecule has 29 heavy (non-hydrogen) atoms. The number of pyridine rings is 1. The number of ether oxygens (including phenoxy) is 1. The largest absolute Gasteiger partial charge is 0.496 e. The van der Waals surface area contributed by atoms with Gasteiger partial charge < -0.3 is 9.64 Å². The van der Waals surface area contributed by atoms with E-state index in [-0.39, 0.29) is 11.6 Å². The molecule has 4 heterocycles. The van der Waals surface area contributed by atoms with Crippen molar-refractivity contribution in [1.82, 2.24) is 24.7 Å². The number of methoxy groups -OCH3 is 1. The van der Waals surface area contributed by atoms with Crippen LogP contribution in [0.25, 0.3) is 22.2 Å². The highest BCUT2D eigenvalue weighted by molar-refractivity contribution is 5.88. The first-order valence-corrected chi connectivity index (χ1v) is 9.27. The van der Waals surface area contributed by atoms with Gasteiger partial charge in [-0.25, -0.2) is 14.6 Å². The maximum Gasteiger partial charge on any atom is 0.267 e. The van der Waals surface area contributed by atoms with Crippen molar-refractivity contribution < 1.29 is 4.74 Å². The summed E-state index contributed by atoms with van der Waals surface area (Å²) in [5.41, 5.74) is 2.24. The lowest BCUT2D eigenvalue weighted by atomic mass is 10.1. The molecule has 1 aliphatic heterocycles. The van der Waals surface area contributed by atoms with Gasteiger partial charge in [-0.3, -0.25) is 9.78 Å². The first-order valence-electron chi connectivity index (χ1n) is 9.27. The van der Waals surface area contributed by atoms with Crippen molar-refractivity contribution >= 4 is 16.7 Å². The lowest BCUT2D eigenvalue weighted by Gasteiger charge is -2.40. The summed E-state index contributed by atoms with van der Waals surface area (Å²) in [4.78, 5) is 27.4. The molecule has 4 aromatic rings. The molecule has 0 bridgehead atoms. The first-order chi connectivity index (χ1) is 14.2. The van der Waals surface area contributed by atoms with Crippen LogP contribution in [0.3, 0.4) is 0 Å². The normalized spacial score (nSPS) is 14.0. The number of rotatable bonds is 4. The van der Waals surface area contributed by atoms with Crippen LogP contribution in [0.1, 0.15) is 6.04 Å². The summed E-state index contributed by atoms with van der Waals surface area (Å²) in [5.74, 6) is 1.57. The van der Waals surface area contributed by atoms with Crippen LogP contribution >= 0.6 is 0 Å². The van der Waals surface area contributed by atoms with Crippen molar-refractivity contribution in [3.63, 3.8) is 0 Å². The van der Waals surface area contributed by atoms with Crippen LogP contribution in [0.5, 0.6) is 5.75 Å². The zero-order valence-electron chi connectivity index (χ0n) is 15.8. The van der Waals surface area contributed by atoms with Crippen LogP contribution < -0.4 is 15.2 Å². The molecule has 0 unspecified atom stereocenters. The standard InChI is InChI=1S/C21H18N6O2/c1-29-19-5-3-2-4-15(19)17-6-7-20(28)27(25-17)14-11-26(12-14)21-16-8-9-22-10-18(16)23-13-24-21/h2-10,13-14H,11-12H2,1H3. The van der Waals surface area contributed by atoms with E-state index in [1.807, 2.05) is 30.3 Å². The van der Waals surface area contributed by atoms with E-state index in [1.165, 1.54) is 0 Å². The molecule has 0 saturated carbocycles. The Kier molecular flexibility index (Phi) is 4.16. The van der Waals surface area contributed by atoms with Gasteiger partial charge in [0.15, 0.2) is 0 Å². The molecular weight excluding hydrogens is 368 g/mol. The molecular formula is C21H18N6O2. The van der Waals surface area contributed by atoms with Crippen molar-refractivity contribution in [2.45, 2.75) is 6.04 Å². The molecule has 1 aromatic carbocycles. The van der Waals surface area contributed by atoms with Crippen molar-refractivity contribution in [2.75, 3.05) is 25.1 Å². The van der Waals surface area contributed by atoms with E-state index in [1.54, 1.807) is 42.6 Å². The number of fused-ring (bicyclic) bond motifs is 1. The van der Waals surface area contributed by atoms with Crippen molar-refractivity contribution in [1.29, 1.82) is 0 Å². The molecule has 1 saturated heterocycles. The van der Waals surface area contributed by atoms with Crippen LogP contribution in [0.15, 0.2) is 66.0 Å². The molecule has 144 valence electrons. The fourth-order valence-corrected chi connectivity index (χ4v) is 3.62. The van der Waals surface area contributed by atoms with E-state index in [4.69, 9.17) is 4.74 Å². The summed E-state index contributed by atoms with van der Waals surface area (Å²) in [7, 11) is 1.63. The molecule has 0 radical (unpaired) electrons. The van der Waals surface area contributed by atoms with Crippen molar-refractivity contribution in [2.24, 2.45) is 0 Å². The first kappa shape index (κ1) is 17.3.